The molecule has 0 saturated carbocycles. The molecule has 2 aromatic carbocycles. The van der Waals surface area contributed by atoms with Crippen molar-refractivity contribution < 1.29 is 17.9 Å². The molecule has 0 fully saturated rings. The minimum absolute atomic E-state index is 0.104. The van der Waals surface area contributed by atoms with Gasteiger partial charge in [-0.2, -0.15) is 0 Å². The third-order valence-corrected chi connectivity index (χ3v) is 6.33. The van der Waals surface area contributed by atoms with Crippen molar-refractivity contribution in [2.45, 2.75) is 43.7 Å². The number of hydrogen-bond acceptors (Lipinski definition) is 4. The van der Waals surface area contributed by atoms with Gasteiger partial charge in [-0.05, 0) is 50.6 Å². The molecule has 140 valence electrons. The molecule has 0 bridgehead atoms. The van der Waals surface area contributed by atoms with Crippen molar-refractivity contribution in [1.82, 2.24) is 4.72 Å². The van der Waals surface area contributed by atoms with Crippen LogP contribution in [0.4, 0.5) is 0 Å². The lowest BCUT2D eigenvalue weighted by molar-refractivity contribution is 0.0701. The lowest BCUT2D eigenvalue weighted by Gasteiger charge is -2.38. The maximum atomic E-state index is 13.1. The Balaban J connectivity index is 2.02. The predicted molar refractivity (Wildman–Crippen MR) is 104 cm³/mol. The summed E-state index contributed by atoms with van der Waals surface area (Å²) in [5.74, 6) is 1.02. The summed E-state index contributed by atoms with van der Waals surface area (Å²) in [5, 5.41) is 0. The Morgan fingerprint density at radius 1 is 1.23 bits per heavy atom. The van der Waals surface area contributed by atoms with Gasteiger partial charge in [0.2, 0.25) is 10.0 Å². The molecule has 1 aliphatic heterocycles. The molecule has 1 aliphatic rings. The van der Waals surface area contributed by atoms with Crippen LogP contribution in [0.2, 0.25) is 0 Å². The number of halogens is 1. The fourth-order valence-electron chi connectivity index (χ4n) is 3.18. The lowest BCUT2D eigenvalue weighted by atomic mass is 9.90. The third-order valence-electron chi connectivity index (χ3n) is 4.34. The number of ether oxygens (including phenoxy) is 2. The van der Waals surface area contributed by atoms with E-state index in [0.29, 0.717) is 16.6 Å². The van der Waals surface area contributed by atoms with Gasteiger partial charge in [0.05, 0.1) is 13.2 Å². The maximum absolute atomic E-state index is 13.1. The van der Waals surface area contributed by atoms with Gasteiger partial charge in [-0.25, -0.2) is 13.1 Å². The van der Waals surface area contributed by atoms with Crippen LogP contribution >= 0.6 is 15.9 Å². The van der Waals surface area contributed by atoms with Gasteiger partial charge >= 0.3 is 0 Å². The third kappa shape index (κ3) is 3.89. The first-order valence-electron chi connectivity index (χ1n) is 8.27. The van der Waals surface area contributed by atoms with E-state index in [1.165, 1.54) is 7.11 Å². The molecule has 3 rings (SSSR count). The molecule has 0 aliphatic carbocycles. The molecule has 0 saturated heterocycles. The molecule has 0 radical (unpaired) electrons. The molecule has 0 amide bonds. The van der Waals surface area contributed by atoms with E-state index in [1.54, 1.807) is 18.2 Å². The number of sulfonamides is 1. The van der Waals surface area contributed by atoms with Crippen LogP contribution in [0.5, 0.6) is 11.5 Å². The highest BCUT2D eigenvalue weighted by Gasteiger charge is 2.36. The Labute approximate surface area is 162 Å². The number of nitrogens with one attached hydrogen (secondary N) is 1. The Kier molecular flexibility index (Phi) is 5.07. The first-order valence-corrected chi connectivity index (χ1v) is 10.5. The van der Waals surface area contributed by atoms with Crippen molar-refractivity contribution in [2.24, 2.45) is 0 Å². The van der Waals surface area contributed by atoms with E-state index >= 15 is 0 Å². The average Bonchev–Trinajstić information content (AvgIpc) is 2.52. The Morgan fingerprint density at radius 2 is 1.96 bits per heavy atom. The minimum Gasteiger partial charge on any atom is -0.495 e. The standard InChI is InChI=1S/C19H22BrNO4S/c1-12-5-7-14-15(11-19(2,3)25-17(14)9-12)21-26(22,23)18-10-13(20)6-8-16(18)24-4/h5-10,15,21H,11H2,1-4H3. The zero-order valence-corrected chi connectivity index (χ0v) is 17.6. The quantitative estimate of drug-likeness (QED) is 0.768. The minimum atomic E-state index is -3.79. The molecule has 2 aromatic rings. The first kappa shape index (κ1) is 19.2. The van der Waals surface area contributed by atoms with Crippen LogP contribution in [0.25, 0.3) is 0 Å². The van der Waals surface area contributed by atoms with E-state index in [4.69, 9.17) is 9.47 Å². The fraction of sp³-hybridized carbons (Fsp3) is 0.368. The van der Waals surface area contributed by atoms with Crippen LogP contribution in [0.15, 0.2) is 45.8 Å². The van der Waals surface area contributed by atoms with Crippen LogP contribution in [0.3, 0.4) is 0 Å². The van der Waals surface area contributed by atoms with Gasteiger partial charge in [-0.15, -0.1) is 0 Å². The molecule has 26 heavy (non-hydrogen) atoms. The predicted octanol–water partition coefficient (Wildman–Crippen LogP) is 4.35. The Hall–Kier alpha value is -1.57. The van der Waals surface area contributed by atoms with Gasteiger partial charge in [-0.1, -0.05) is 28.1 Å². The van der Waals surface area contributed by atoms with Crippen molar-refractivity contribution in [2.75, 3.05) is 7.11 Å². The van der Waals surface area contributed by atoms with E-state index in [2.05, 4.69) is 20.7 Å². The van der Waals surface area contributed by atoms with Gasteiger partial charge in [0, 0.05) is 16.5 Å². The molecular weight excluding hydrogens is 418 g/mol. The molecule has 1 N–H and O–H groups in total. The smallest absolute Gasteiger partial charge is 0.244 e. The Morgan fingerprint density at radius 3 is 2.65 bits per heavy atom. The second kappa shape index (κ2) is 6.87. The molecule has 1 heterocycles. The summed E-state index contributed by atoms with van der Waals surface area (Å²) in [6.07, 6.45) is 0.526. The largest absolute Gasteiger partial charge is 0.495 e. The highest BCUT2D eigenvalue weighted by Crippen LogP contribution is 2.41. The number of methoxy groups -OCH3 is 1. The second-order valence-corrected chi connectivity index (χ2v) is 9.67. The summed E-state index contributed by atoms with van der Waals surface area (Å²) in [4.78, 5) is 0.104. The average molecular weight is 440 g/mol. The van der Waals surface area contributed by atoms with E-state index in [0.717, 1.165) is 16.9 Å². The first-order chi connectivity index (χ1) is 12.1. The normalized spacial score (nSPS) is 18.7. The Bertz CT molecular complexity index is 941. The molecule has 1 atom stereocenters. The van der Waals surface area contributed by atoms with Gasteiger partial charge < -0.3 is 9.47 Å². The number of benzene rings is 2. The molecule has 5 nitrogen and oxygen atoms in total. The van der Waals surface area contributed by atoms with Crippen LogP contribution in [-0.2, 0) is 10.0 Å². The SMILES string of the molecule is COc1ccc(Br)cc1S(=O)(=O)NC1CC(C)(C)Oc2cc(C)ccc21. The lowest BCUT2D eigenvalue weighted by Crippen LogP contribution is -2.41. The molecular formula is C19H22BrNO4S. The monoisotopic (exact) mass is 439 g/mol. The highest BCUT2D eigenvalue weighted by atomic mass is 79.9. The summed E-state index contributed by atoms with van der Waals surface area (Å²) in [7, 11) is -2.33. The van der Waals surface area contributed by atoms with Crippen molar-refractivity contribution >= 4 is 26.0 Å². The zero-order chi connectivity index (χ0) is 19.1. The van der Waals surface area contributed by atoms with Crippen LogP contribution in [0, 0.1) is 6.92 Å². The number of hydrogen-bond donors (Lipinski definition) is 1. The van der Waals surface area contributed by atoms with Gasteiger partial charge in [-0.3, -0.25) is 0 Å². The number of aryl methyl sites for hydroxylation is 1. The fourth-order valence-corrected chi connectivity index (χ4v) is 5.10. The molecule has 0 spiro atoms. The van der Waals surface area contributed by atoms with Crippen LogP contribution < -0.4 is 14.2 Å². The van der Waals surface area contributed by atoms with Crippen LogP contribution in [-0.4, -0.2) is 21.1 Å². The van der Waals surface area contributed by atoms with Gasteiger partial charge in [0.1, 0.15) is 22.0 Å². The van der Waals surface area contributed by atoms with Crippen molar-refractivity contribution in [3.05, 3.63) is 52.0 Å². The molecule has 0 aromatic heterocycles. The van der Waals surface area contributed by atoms with E-state index in [1.807, 2.05) is 39.0 Å². The van der Waals surface area contributed by atoms with Crippen LogP contribution in [0.1, 0.15) is 37.4 Å². The summed E-state index contributed by atoms with van der Waals surface area (Å²) < 4.78 is 40.9. The second-order valence-electron chi connectivity index (χ2n) is 7.08. The highest BCUT2D eigenvalue weighted by molar-refractivity contribution is 9.10. The summed E-state index contributed by atoms with van der Waals surface area (Å²) in [6, 6.07) is 10.4. The number of rotatable bonds is 4. The maximum Gasteiger partial charge on any atom is 0.244 e. The molecule has 7 heteroatoms. The number of fused-ring (bicyclic) bond motifs is 1. The van der Waals surface area contributed by atoms with Gasteiger partial charge in [0.25, 0.3) is 0 Å². The molecule has 1 unspecified atom stereocenters. The van der Waals surface area contributed by atoms with E-state index < -0.39 is 15.6 Å². The topological polar surface area (TPSA) is 64.6 Å². The summed E-state index contributed by atoms with van der Waals surface area (Å²) in [5.41, 5.74) is 1.43. The zero-order valence-electron chi connectivity index (χ0n) is 15.2. The van der Waals surface area contributed by atoms with E-state index in [9.17, 15) is 8.42 Å². The van der Waals surface area contributed by atoms with Crippen molar-refractivity contribution in [3.63, 3.8) is 0 Å². The van der Waals surface area contributed by atoms with Crippen molar-refractivity contribution in [3.8, 4) is 11.5 Å². The summed E-state index contributed by atoms with van der Waals surface area (Å²) >= 11 is 3.33. The van der Waals surface area contributed by atoms with Gasteiger partial charge in [0.15, 0.2) is 0 Å². The van der Waals surface area contributed by atoms with Crippen molar-refractivity contribution in [1.29, 1.82) is 0 Å². The summed E-state index contributed by atoms with van der Waals surface area (Å²) in [6.45, 7) is 5.90. The van der Waals surface area contributed by atoms with E-state index in [-0.39, 0.29) is 10.9 Å².